The van der Waals surface area contributed by atoms with Gasteiger partial charge in [0.15, 0.2) is 17.5 Å². The van der Waals surface area contributed by atoms with Crippen LogP contribution in [0.3, 0.4) is 0 Å². The molecule has 0 fully saturated rings. The Morgan fingerprint density at radius 3 is 1.50 bits per heavy atom. The molecule has 6 heteroatoms. The Balaban J connectivity index is 0. The van der Waals surface area contributed by atoms with E-state index in [4.69, 9.17) is 21.8 Å². The van der Waals surface area contributed by atoms with Crippen LogP contribution in [-0.4, -0.2) is 24.4 Å². The van der Waals surface area contributed by atoms with Crippen LogP contribution in [0.1, 0.15) is 0 Å². The van der Waals surface area contributed by atoms with Gasteiger partial charge in [-0.15, -0.1) is 0 Å². The minimum absolute atomic E-state index is 0.156. The molecule has 2 nitrogen and oxygen atoms in total. The maximum absolute atomic E-state index is 12.1. The summed E-state index contributed by atoms with van der Waals surface area (Å²) in [6.07, 6.45) is 0. The lowest BCUT2D eigenvalue weighted by molar-refractivity contribution is 0.399. The molecular weight excluding hydrogens is 221 g/mol. The molecule has 2 N–H and O–H groups in total. The van der Waals surface area contributed by atoms with Gasteiger partial charge in [-0.05, 0) is 12.1 Å². The van der Waals surface area contributed by atoms with Crippen molar-refractivity contribution in [1.82, 2.24) is 0 Å². The zero-order valence-electron chi connectivity index (χ0n) is 7.56. The molecule has 1 aromatic rings. The Kier molecular flexibility index (Phi) is 9.86. The molecule has 0 spiro atoms. The number of hydrogen-bond donors (Lipinski definition) is 2. The summed E-state index contributed by atoms with van der Waals surface area (Å²) in [5.74, 6) is -4.04. The van der Waals surface area contributed by atoms with E-state index >= 15 is 0 Å². The van der Waals surface area contributed by atoms with Gasteiger partial charge < -0.3 is 10.2 Å². The molecule has 0 unspecified atom stereocenters. The minimum atomic E-state index is -1.50. The number of benzene rings is 1. The van der Waals surface area contributed by atoms with E-state index in [1.54, 1.807) is 0 Å². The highest BCUT2D eigenvalue weighted by molar-refractivity contribution is 6.30. The highest BCUT2D eigenvalue weighted by atomic mass is 35.5. The number of aliphatic hydroxyl groups is 2. The summed E-state index contributed by atoms with van der Waals surface area (Å²) >= 11 is 5.18. The summed E-state index contributed by atoms with van der Waals surface area (Å²) in [7, 11) is 2.00. The normalized spacial score (nSPS) is 8.00. The van der Waals surface area contributed by atoms with Gasteiger partial charge in [-0.1, -0.05) is 11.6 Å². The van der Waals surface area contributed by atoms with Crippen LogP contribution < -0.4 is 0 Å². The molecule has 0 atom stereocenters. The van der Waals surface area contributed by atoms with Crippen LogP contribution in [0.25, 0.3) is 0 Å². The van der Waals surface area contributed by atoms with Crippen LogP contribution in [0.15, 0.2) is 12.1 Å². The number of aliphatic hydroxyl groups excluding tert-OH is 2. The van der Waals surface area contributed by atoms with E-state index in [2.05, 4.69) is 0 Å². The third kappa shape index (κ3) is 5.06. The van der Waals surface area contributed by atoms with Gasteiger partial charge in [0.1, 0.15) is 0 Å². The fraction of sp³-hybridized carbons (Fsp3) is 0.250. The van der Waals surface area contributed by atoms with Crippen molar-refractivity contribution in [3.8, 4) is 0 Å². The van der Waals surface area contributed by atoms with E-state index < -0.39 is 17.5 Å². The van der Waals surface area contributed by atoms with E-state index in [1.807, 2.05) is 0 Å². The van der Waals surface area contributed by atoms with Crippen LogP contribution in [-0.2, 0) is 0 Å². The molecule has 0 heterocycles. The van der Waals surface area contributed by atoms with Crippen LogP contribution in [0.4, 0.5) is 13.2 Å². The van der Waals surface area contributed by atoms with Crippen molar-refractivity contribution in [1.29, 1.82) is 0 Å². The molecule has 14 heavy (non-hydrogen) atoms. The Labute approximate surface area is 84.6 Å². The van der Waals surface area contributed by atoms with E-state index in [0.717, 1.165) is 14.2 Å². The van der Waals surface area contributed by atoms with Crippen molar-refractivity contribution >= 4 is 11.6 Å². The highest BCUT2D eigenvalue weighted by Gasteiger charge is 2.08. The van der Waals surface area contributed by atoms with Crippen LogP contribution >= 0.6 is 11.6 Å². The Hall–Kier alpha value is -0.780. The Morgan fingerprint density at radius 2 is 1.21 bits per heavy atom. The van der Waals surface area contributed by atoms with Gasteiger partial charge in [-0.3, -0.25) is 0 Å². The van der Waals surface area contributed by atoms with Crippen molar-refractivity contribution in [2.24, 2.45) is 0 Å². The van der Waals surface area contributed by atoms with Crippen molar-refractivity contribution < 1.29 is 23.4 Å². The summed E-state index contributed by atoms with van der Waals surface area (Å²) in [4.78, 5) is 0. The summed E-state index contributed by atoms with van der Waals surface area (Å²) in [5, 5.41) is 13.8. The van der Waals surface area contributed by atoms with Gasteiger partial charge in [0.25, 0.3) is 0 Å². The van der Waals surface area contributed by atoms with Gasteiger partial charge in [0.2, 0.25) is 0 Å². The monoisotopic (exact) mass is 230 g/mol. The van der Waals surface area contributed by atoms with E-state index in [0.29, 0.717) is 12.1 Å². The van der Waals surface area contributed by atoms with E-state index in [1.165, 1.54) is 0 Å². The van der Waals surface area contributed by atoms with Gasteiger partial charge in [-0.25, -0.2) is 13.2 Å². The second-order valence-electron chi connectivity index (χ2n) is 1.68. The molecule has 82 valence electrons. The average Bonchev–Trinajstić information content (AvgIpc) is 2.20. The molecule has 1 rings (SSSR count). The number of halogens is 4. The number of rotatable bonds is 0. The standard InChI is InChI=1S/C6H2ClF3.2CH4O/c7-3-1-4(8)6(10)5(9)2-3;2*1-2/h1-2H;2*2H,1H3. The second-order valence-corrected chi connectivity index (χ2v) is 2.12. The topological polar surface area (TPSA) is 40.5 Å². The van der Waals surface area contributed by atoms with Crippen molar-refractivity contribution in [2.45, 2.75) is 0 Å². The Morgan fingerprint density at radius 1 is 0.929 bits per heavy atom. The molecule has 0 amide bonds. The summed E-state index contributed by atoms with van der Waals surface area (Å²) < 4.78 is 36.4. The van der Waals surface area contributed by atoms with E-state index in [-0.39, 0.29) is 5.02 Å². The van der Waals surface area contributed by atoms with Crippen LogP contribution in [0.5, 0.6) is 0 Å². The fourth-order valence-corrected chi connectivity index (χ4v) is 0.716. The quantitative estimate of drug-likeness (QED) is 0.529. The summed E-state index contributed by atoms with van der Waals surface area (Å²) in [6, 6.07) is 1.42. The predicted molar refractivity (Wildman–Crippen MR) is 47.6 cm³/mol. The molecule has 1 aromatic carbocycles. The fourth-order valence-electron chi connectivity index (χ4n) is 0.525. The first-order valence-electron chi connectivity index (χ1n) is 3.31. The molecular formula is C8H10ClF3O2. The van der Waals surface area contributed by atoms with Gasteiger partial charge in [-0.2, -0.15) is 0 Å². The average molecular weight is 231 g/mol. The zero-order chi connectivity index (χ0) is 11.7. The molecule has 0 aromatic heterocycles. The first-order valence-corrected chi connectivity index (χ1v) is 3.68. The van der Waals surface area contributed by atoms with Crippen LogP contribution in [0.2, 0.25) is 5.02 Å². The molecule has 0 bridgehead atoms. The smallest absolute Gasteiger partial charge is 0.194 e. The number of hydrogen-bond acceptors (Lipinski definition) is 2. The van der Waals surface area contributed by atoms with Crippen molar-refractivity contribution in [3.63, 3.8) is 0 Å². The molecule has 0 saturated heterocycles. The SMILES string of the molecule is CO.CO.Fc1cc(Cl)cc(F)c1F. The van der Waals surface area contributed by atoms with E-state index in [9.17, 15) is 13.2 Å². The predicted octanol–water partition coefficient (Wildman–Crippen LogP) is 1.97. The van der Waals surface area contributed by atoms with Crippen molar-refractivity contribution in [3.05, 3.63) is 34.6 Å². The largest absolute Gasteiger partial charge is 0.400 e. The lowest BCUT2D eigenvalue weighted by Crippen LogP contribution is -1.88. The van der Waals surface area contributed by atoms with Gasteiger partial charge in [0.05, 0.1) is 0 Å². The first kappa shape index (κ1) is 15.7. The maximum Gasteiger partial charge on any atom is 0.194 e. The molecule has 0 aliphatic heterocycles. The highest BCUT2D eigenvalue weighted by Crippen LogP contribution is 2.16. The molecule has 0 aliphatic rings. The first-order chi connectivity index (χ1) is 6.61. The summed E-state index contributed by atoms with van der Waals surface area (Å²) in [6.45, 7) is 0. The third-order valence-electron chi connectivity index (χ3n) is 0.949. The van der Waals surface area contributed by atoms with Gasteiger partial charge >= 0.3 is 0 Å². The van der Waals surface area contributed by atoms with Crippen LogP contribution in [0, 0.1) is 17.5 Å². The molecule has 0 radical (unpaired) electrons. The maximum atomic E-state index is 12.1. The van der Waals surface area contributed by atoms with Crippen molar-refractivity contribution in [2.75, 3.05) is 14.2 Å². The molecule has 0 saturated carbocycles. The lowest BCUT2D eigenvalue weighted by Gasteiger charge is -1.93. The van der Waals surface area contributed by atoms with Gasteiger partial charge in [0, 0.05) is 19.2 Å². The zero-order valence-corrected chi connectivity index (χ0v) is 8.32. The lowest BCUT2D eigenvalue weighted by atomic mass is 10.3. The second kappa shape index (κ2) is 8.80. The molecule has 0 aliphatic carbocycles. The Bertz CT molecular complexity index is 246. The summed E-state index contributed by atoms with van der Waals surface area (Å²) in [5.41, 5.74) is 0. The third-order valence-corrected chi connectivity index (χ3v) is 1.17. The minimum Gasteiger partial charge on any atom is -0.400 e.